The molecule has 0 fully saturated rings. The standard InChI is InChI=1S/C23H30N2O4/c1-6-24-23(27)18(4)25(14-19-10-12-20(28-5)13-11-19)22(26)15-29-21-9-7-8-16(2)17(21)3/h7-13,18H,6,14-15H2,1-5H3,(H,24,27)/t18-/m0/s1. The Morgan fingerprint density at radius 2 is 1.79 bits per heavy atom. The fraction of sp³-hybridized carbons (Fsp3) is 0.391. The number of nitrogens with one attached hydrogen (secondary N) is 1. The lowest BCUT2D eigenvalue weighted by atomic mass is 10.1. The Hall–Kier alpha value is -3.02. The molecule has 2 aromatic rings. The molecule has 0 aliphatic carbocycles. The van der Waals surface area contributed by atoms with Gasteiger partial charge >= 0.3 is 0 Å². The maximum atomic E-state index is 13.0. The van der Waals surface area contributed by atoms with Crippen molar-refractivity contribution >= 4 is 11.8 Å². The average molecular weight is 399 g/mol. The highest BCUT2D eigenvalue weighted by Gasteiger charge is 2.26. The first-order chi connectivity index (χ1) is 13.9. The lowest BCUT2D eigenvalue weighted by Crippen LogP contribution is -2.49. The van der Waals surface area contributed by atoms with E-state index in [1.807, 2.05) is 63.2 Å². The van der Waals surface area contributed by atoms with Crippen molar-refractivity contribution in [2.45, 2.75) is 40.3 Å². The van der Waals surface area contributed by atoms with E-state index in [4.69, 9.17) is 9.47 Å². The third kappa shape index (κ3) is 5.98. The lowest BCUT2D eigenvalue weighted by Gasteiger charge is -2.28. The van der Waals surface area contributed by atoms with Crippen LogP contribution in [0.3, 0.4) is 0 Å². The minimum Gasteiger partial charge on any atom is -0.497 e. The lowest BCUT2D eigenvalue weighted by molar-refractivity contribution is -0.142. The molecule has 6 nitrogen and oxygen atoms in total. The van der Waals surface area contributed by atoms with E-state index in [0.29, 0.717) is 18.8 Å². The summed E-state index contributed by atoms with van der Waals surface area (Å²) >= 11 is 0. The van der Waals surface area contributed by atoms with E-state index in [0.717, 1.165) is 22.4 Å². The molecule has 0 unspecified atom stereocenters. The predicted molar refractivity (Wildman–Crippen MR) is 113 cm³/mol. The van der Waals surface area contributed by atoms with E-state index in [1.54, 1.807) is 14.0 Å². The summed E-state index contributed by atoms with van der Waals surface area (Å²) in [5, 5.41) is 2.78. The van der Waals surface area contributed by atoms with Crippen molar-refractivity contribution in [2.75, 3.05) is 20.3 Å². The van der Waals surface area contributed by atoms with Crippen molar-refractivity contribution in [1.29, 1.82) is 0 Å². The average Bonchev–Trinajstić information content (AvgIpc) is 2.73. The van der Waals surface area contributed by atoms with E-state index >= 15 is 0 Å². The number of likely N-dealkylation sites (N-methyl/N-ethyl adjacent to an activating group) is 1. The molecule has 0 bridgehead atoms. The molecule has 6 heteroatoms. The Balaban J connectivity index is 2.16. The van der Waals surface area contributed by atoms with Crippen LogP contribution >= 0.6 is 0 Å². The number of ether oxygens (including phenoxy) is 2. The molecule has 0 spiro atoms. The molecule has 2 amide bonds. The van der Waals surface area contributed by atoms with Gasteiger partial charge in [0, 0.05) is 13.1 Å². The topological polar surface area (TPSA) is 67.9 Å². The molecular weight excluding hydrogens is 368 g/mol. The van der Waals surface area contributed by atoms with Crippen LogP contribution in [0.2, 0.25) is 0 Å². The number of methoxy groups -OCH3 is 1. The Kier molecular flexibility index (Phi) is 8.07. The maximum Gasteiger partial charge on any atom is 0.261 e. The summed E-state index contributed by atoms with van der Waals surface area (Å²) in [7, 11) is 1.60. The van der Waals surface area contributed by atoms with Gasteiger partial charge in [-0.1, -0.05) is 24.3 Å². The summed E-state index contributed by atoms with van der Waals surface area (Å²) in [5.74, 6) is 0.969. The molecule has 1 N–H and O–H groups in total. The number of carbonyl (C=O) groups excluding carboxylic acids is 2. The zero-order valence-corrected chi connectivity index (χ0v) is 17.8. The highest BCUT2D eigenvalue weighted by Crippen LogP contribution is 2.21. The molecule has 0 aliphatic rings. The first-order valence-corrected chi connectivity index (χ1v) is 9.76. The molecule has 2 aromatic carbocycles. The highest BCUT2D eigenvalue weighted by atomic mass is 16.5. The highest BCUT2D eigenvalue weighted by molar-refractivity contribution is 5.87. The minimum atomic E-state index is -0.619. The van der Waals surface area contributed by atoms with Crippen LogP contribution < -0.4 is 14.8 Å². The van der Waals surface area contributed by atoms with E-state index in [1.165, 1.54) is 4.90 Å². The van der Waals surface area contributed by atoms with Gasteiger partial charge in [-0.3, -0.25) is 9.59 Å². The number of benzene rings is 2. The Morgan fingerprint density at radius 1 is 1.10 bits per heavy atom. The Labute approximate surface area is 172 Å². The van der Waals surface area contributed by atoms with Gasteiger partial charge in [-0.25, -0.2) is 0 Å². The van der Waals surface area contributed by atoms with Crippen molar-refractivity contribution in [1.82, 2.24) is 10.2 Å². The van der Waals surface area contributed by atoms with Crippen molar-refractivity contribution in [3.8, 4) is 11.5 Å². The van der Waals surface area contributed by atoms with Gasteiger partial charge in [-0.2, -0.15) is 0 Å². The monoisotopic (exact) mass is 398 g/mol. The van der Waals surface area contributed by atoms with Crippen LogP contribution in [-0.2, 0) is 16.1 Å². The number of aryl methyl sites for hydroxylation is 1. The van der Waals surface area contributed by atoms with Gasteiger partial charge in [0.05, 0.1) is 7.11 Å². The van der Waals surface area contributed by atoms with Crippen molar-refractivity contribution in [3.05, 3.63) is 59.2 Å². The summed E-state index contributed by atoms with van der Waals surface area (Å²) in [4.78, 5) is 26.9. The first kappa shape index (κ1) is 22.3. The second-order valence-electron chi connectivity index (χ2n) is 6.93. The molecule has 2 rings (SSSR count). The smallest absolute Gasteiger partial charge is 0.261 e. The van der Waals surface area contributed by atoms with Crippen LogP contribution in [0.4, 0.5) is 0 Å². The second-order valence-corrected chi connectivity index (χ2v) is 6.93. The number of carbonyl (C=O) groups is 2. The summed E-state index contributed by atoms with van der Waals surface area (Å²) in [6.07, 6.45) is 0. The summed E-state index contributed by atoms with van der Waals surface area (Å²) in [6, 6.07) is 12.6. The summed E-state index contributed by atoms with van der Waals surface area (Å²) in [5.41, 5.74) is 3.00. The number of hydrogen-bond donors (Lipinski definition) is 1. The van der Waals surface area contributed by atoms with Crippen LogP contribution in [0.1, 0.15) is 30.5 Å². The van der Waals surface area contributed by atoms with E-state index in [9.17, 15) is 9.59 Å². The third-order valence-corrected chi connectivity index (χ3v) is 4.94. The SMILES string of the molecule is CCNC(=O)[C@H](C)N(Cc1ccc(OC)cc1)C(=O)COc1cccc(C)c1C. The van der Waals surface area contributed by atoms with E-state index in [-0.39, 0.29) is 18.4 Å². The molecule has 0 saturated heterocycles. The van der Waals surface area contributed by atoms with Crippen molar-refractivity contribution in [2.24, 2.45) is 0 Å². The van der Waals surface area contributed by atoms with Crippen molar-refractivity contribution in [3.63, 3.8) is 0 Å². The van der Waals surface area contributed by atoms with Gasteiger partial charge in [0.1, 0.15) is 17.5 Å². The maximum absolute atomic E-state index is 13.0. The molecular formula is C23H30N2O4. The Bertz CT molecular complexity index is 833. The third-order valence-electron chi connectivity index (χ3n) is 4.94. The summed E-state index contributed by atoms with van der Waals surface area (Å²) in [6.45, 7) is 8.21. The van der Waals surface area contributed by atoms with E-state index in [2.05, 4.69) is 5.32 Å². The normalized spacial score (nSPS) is 11.5. The molecule has 29 heavy (non-hydrogen) atoms. The number of rotatable bonds is 9. The van der Waals surface area contributed by atoms with Crippen LogP contribution in [0.25, 0.3) is 0 Å². The summed E-state index contributed by atoms with van der Waals surface area (Å²) < 4.78 is 11.0. The minimum absolute atomic E-state index is 0.135. The van der Waals surface area contributed by atoms with Gasteiger partial charge in [-0.15, -0.1) is 0 Å². The predicted octanol–water partition coefficient (Wildman–Crippen LogP) is 3.24. The zero-order chi connectivity index (χ0) is 21.4. The van der Waals surface area contributed by atoms with Gasteiger partial charge in [0.2, 0.25) is 5.91 Å². The van der Waals surface area contributed by atoms with Crippen LogP contribution in [0.5, 0.6) is 11.5 Å². The van der Waals surface area contributed by atoms with Crippen molar-refractivity contribution < 1.29 is 19.1 Å². The molecule has 0 radical (unpaired) electrons. The van der Waals surface area contributed by atoms with Gasteiger partial charge in [0.15, 0.2) is 6.61 Å². The number of hydrogen-bond acceptors (Lipinski definition) is 4. The number of amides is 2. The molecule has 0 aromatic heterocycles. The molecule has 156 valence electrons. The Morgan fingerprint density at radius 3 is 2.41 bits per heavy atom. The van der Waals surface area contributed by atoms with Gasteiger partial charge in [-0.05, 0) is 62.6 Å². The quantitative estimate of drug-likeness (QED) is 0.704. The second kappa shape index (κ2) is 10.5. The van der Waals surface area contributed by atoms with Gasteiger partial charge < -0.3 is 19.7 Å². The molecule has 0 aliphatic heterocycles. The zero-order valence-electron chi connectivity index (χ0n) is 17.8. The fourth-order valence-corrected chi connectivity index (χ4v) is 2.94. The molecule has 1 atom stereocenters. The van der Waals surface area contributed by atoms with Crippen LogP contribution in [0.15, 0.2) is 42.5 Å². The fourth-order valence-electron chi connectivity index (χ4n) is 2.94. The van der Waals surface area contributed by atoms with Crippen LogP contribution in [0, 0.1) is 13.8 Å². The van der Waals surface area contributed by atoms with E-state index < -0.39 is 6.04 Å². The first-order valence-electron chi connectivity index (χ1n) is 9.76. The molecule has 0 heterocycles. The number of nitrogens with zero attached hydrogens (tertiary/aromatic N) is 1. The molecule has 0 saturated carbocycles. The van der Waals surface area contributed by atoms with Gasteiger partial charge in [0.25, 0.3) is 5.91 Å². The largest absolute Gasteiger partial charge is 0.497 e. The van der Waals surface area contributed by atoms with Crippen LogP contribution in [-0.4, -0.2) is 43.0 Å².